The van der Waals surface area contributed by atoms with E-state index < -0.39 is 71.8 Å². The van der Waals surface area contributed by atoms with E-state index in [1.807, 2.05) is 0 Å². The topological polar surface area (TPSA) is 197 Å². The van der Waals surface area contributed by atoms with Crippen LogP contribution in [0.25, 0.3) is 0 Å². The number of ketones is 1. The van der Waals surface area contributed by atoms with Crippen molar-refractivity contribution in [1.29, 1.82) is 0 Å². The number of hydrogen-bond donors (Lipinski definition) is 8. The summed E-state index contributed by atoms with van der Waals surface area (Å²) in [5.41, 5.74) is -0.316. The number of ether oxygens (including phenoxy) is 2. The van der Waals surface area contributed by atoms with Crippen molar-refractivity contribution in [2.24, 2.45) is 0 Å². The maximum atomic E-state index is 12.8. The fourth-order valence-electron chi connectivity index (χ4n) is 4.02. The second kappa shape index (κ2) is 8.11. The Morgan fingerprint density at radius 3 is 2.28 bits per heavy atom. The monoisotopic (exact) mass is 450 g/mol. The summed E-state index contributed by atoms with van der Waals surface area (Å²) >= 11 is 0. The molecule has 0 saturated carbocycles. The number of carbonyl (C=O) groups is 1. The van der Waals surface area contributed by atoms with Crippen LogP contribution in [0.3, 0.4) is 0 Å². The van der Waals surface area contributed by atoms with Crippen molar-refractivity contribution in [3.8, 4) is 28.7 Å². The number of hydrogen-bond acceptors (Lipinski definition) is 11. The van der Waals surface area contributed by atoms with Crippen molar-refractivity contribution in [2.45, 2.75) is 43.0 Å². The number of rotatable bonds is 3. The van der Waals surface area contributed by atoms with Crippen LogP contribution in [0.5, 0.6) is 28.7 Å². The van der Waals surface area contributed by atoms with Crippen LogP contribution in [0, 0.1) is 0 Å². The van der Waals surface area contributed by atoms with Gasteiger partial charge in [-0.15, -0.1) is 0 Å². The molecule has 2 heterocycles. The average Bonchev–Trinajstić information content (AvgIpc) is 2.74. The molecule has 8 N–H and O–H groups in total. The van der Waals surface area contributed by atoms with Gasteiger partial charge >= 0.3 is 0 Å². The first-order valence-corrected chi connectivity index (χ1v) is 9.75. The molecule has 0 radical (unpaired) electrons. The van der Waals surface area contributed by atoms with E-state index in [1.54, 1.807) is 0 Å². The molecule has 0 amide bonds. The second-order valence-corrected chi connectivity index (χ2v) is 7.76. The lowest BCUT2D eigenvalue weighted by Gasteiger charge is -2.40. The van der Waals surface area contributed by atoms with Crippen molar-refractivity contribution in [3.63, 3.8) is 0 Å². The summed E-state index contributed by atoms with van der Waals surface area (Å²) in [6.45, 7) is -0.711. The molecule has 0 aliphatic carbocycles. The molecule has 2 aromatic rings. The van der Waals surface area contributed by atoms with E-state index in [-0.39, 0.29) is 23.5 Å². The molecule has 11 heteroatoms. The van der Waals surface area contributed by atoms with E-state index in [0.717, 1.165) is 6.07 Å². The van der Waals surface area contributed by atoms with Gasteiger partial charge in [0, 0.05) is 6.07 Å². The Balaban J connectivity index is 1.72. The molecule has 2 aliphatic rings. The molecule has 4 rings (SSSR count). The first-order valence-electron chi connectivity index (χ1n) is 9.75. The van der Waals surface area contributed by atoms with E-state index in [2.05, 4.69) is 0 Å². The van der Waals surface area contributed by atoms with Crippen LogP contribution in [-0.4, -0.2) is 77.7 Å². The van der Waals surface area contributed by atoms with E-state index in [1.165, 1.54) is 18.2 Å². The van der Waals surface area contributed by atoms with Gasteiger partial charge in [0.05, 0.1) is 18.6 Å². The van der Waals surface area contributed by atoms with Gasteiger partial charge in [0.1, 0.15) is 59.4 Å². The number of carbonyl (C=O) groups excluding carboxylic acids is 1. The number of phenols is 4. The van der Waals surface area contributed by atoms with Crippen molar-refractivity contribution >= 4 is 5.78 Å². The Bertz CT molecular complexity index is 1050. The first-order chi connectivity index (χ1) is 15.1. The number of benzene rings is 2. The molecule has 6 atom stereocenters. The molecule has 0 unspecified atom stereocenters. The smallest absolute Gasteiger partial charge is 0.174 e. The zero-order chi connectivity index (χ0) is 23.3. The van der Waals surface area contributed by atoms with Crippen LogP contribution in [0.1, 0.15) is 40.1 Å². The minimum Gasteiger partial charge on any atom is -0.507 e. The summed E-state index contributed by atoms with van der Waals surface area (Å²) in [5, 5.41) is 80.1. The van der Waals surface area contributed by atoms with E-state index in [9.17, 15) is 45.6 Å². The summed E-state index contributed by atoms with van der Waals surface area (Å²) in [7, 11) is 0. The van der Waals surface area contributed by atoms with Crippen LogP contribution in [0.4, 0.5) is 0 Å². The highest BCUT2D eigenvalue weighted by atomic mass is 16.5. The fourth-order valence-corrected chi connectivity index (χ4v) is 4.02. The molecular formula is C21H22O11. The highest BCUT2D eigenvalue weighted by Crippen LogP contribution is 2.49. The zero-order valence-electron chi connectivity index (χ0n) is 16.5. The molecule has 0 aromatic heterocycles. The molecule has 0 bridgehead atoms. The van der Waals surface area contributed by atoms with Crippen molar-refractivity contribution < 1.29 is 55.1 Å². The summed E-state index contributed by atoms with van der Waals surface area (Å²) in [6, 6.07) is 4.93. The van der Waals surface area contributed by atoms with Gasteiger partial charge < -0.3 is 50.3 Å². The molecule has 0 spiro atoms. The molecule has 2 aliphatic heterocycles. The average molecular weight is 450 g/mol. The quantitative estimate of drug-likeness (QED) is 0.287. The predicted molar refractivity (Wildman–Crippen MR) is 105 cm³/mol. The molecular weight excluding hydrogens is 428 g/mol. The van der Waals surface area contributed by atoms with Gasteiger partial charge in [-0.25, -0.2) is 0 Å². The highest BCUT2D eigenvalue weighted by molar-refractivity contribution is 6.03. The van der Waals surface area contributed by atoms with Gasteiger partial charge in [-0.05, 0) is 17.7 Å². The third-order valence-corrected chi connectivity index (χ3v) is 5.75. The standard InChI is InChI=1S/C21H22O11/c22-6-14-17(27)19(29)20(30)21(32-14)16-11(26)5-13-15(18(16)28)10(25)4-12(31-13)7-1-2-8(23)9(24)3-7/h1-3,5,12,14,17,19-24,26-30H,4,6H2/t12-,14-,17+,19-,20+,21+/m1/s1. The zero-order valence-corrected chi connectivity index (χ0v) is 16.5. The Labute approximate surface area is 181 Å². The normalized spacial score (nSPS) is 29.9. The summed E-state index contributed by atoms with van der Waals surface area (Å²) in [6.07, 6.45) is -9.14. The van der Waals surface area contributed by atoms with E-state index >= 15 is 0 Å². The lowest BCUT2D eigenvalue weighted by molar-refractivity contribution is -0.232. The molecule has 11 nitrogen and oxygen atoms in total. The van der Waals surface area contributed by atoms with Gasteiger partial charge in [0.25, 0.3) is 0 Å². The minimum atomic E-state index is -1.78. The van der Waals surface area contributed by atoms with Gasteiger partial charge in [0.15, 0.2) is 17.3 Å². The number of Topliss-reactive ketones (excluding diaryl/α,β-unsaturated/α-hetero) is 1. The number of phenolic OH excluding ortho intramolecular Hbond substituents is 4. The third-order valence-electron chi connectivity index (χ3n) is 5.75. The second-order valence-electron chi connectivity index (χ2n) is 7.76. The van der Waals surface area contributed by atoms with Crippen molar-refractivity contribution in [1.82, 2.24) is 0 Å². The number of aliphatic hydroxyl groups excluding tert-OH is 4. The Morgan fingerprint density at radius 1 is 0.906 bits per heavy atom. The van der Waals surface area contributed by atoms with Gasteiger partial charge in [0.2, 0.25) is 0 Å². The maximum Gasteiger partial charge on any atom is 0.174 e. The van der Waals surface area contributed by atoms with Gasteiger partial charge in [-0.2, -0.15) is 0 Å². The van der Waals surface area contributed by atoms with Crippen LogP contribution in [0.15, 0.2) is 24.3 Å². The van der Waals surface area contributed by atoms with Crippen LogP contribution in [-0.2, 0) is 4.74 Å². The minimum absolute atomic E-state index is 0.165. The lowest BCUT2D eigenvalue weighted by atomic mass is 9.87. The lowest BCUT2D eigenvalue weighted by Crippen LogP contribution is -2.55. The number of aliphatic hydroxyl groups is 4. The third kappa shape index (κ3) is 3.49. The Kier molecular flexibility index (Phi) is 5.61. The summed E-state index contributed by atoms with van der Waals surface area (Å²) < 4.78 is 11.1. The first kappa shape index (κ1) is 22.1. The largest absolute Gasteiger partial charge is 0.507 e. The maximum absolute atomic E-state index is 12.8. The SMILES string of the molecule is O=C1C[C@H](c2ccc(O)c(O)c2)Oc2cc(O)c([C@@H]3O[C@H](CO)[C@H](O)[C@@H](O)[C@@H]3O)c(O)c21. The molecule has 1 fully saturated rings. The molecule has 2 aromatic carbocycles. The number of aromatic hydroxyl groups is 4. The fraction of sp³-hybridized carbons (Fsp3) is 0.381. The predicted octanol–water partition coefficient (Wildman–Crippen LogP) is -0.270. The summed E-state index contributed by atoms with van der Waals surface area (Å²) in [5.74, 6) is -2.85. The van der Waals surface area contributed by atoms with Crippen LogP contribution in [0.2, 0.25) is 0 Å². The number of fused-ring (bicyclic) bond motifs is 1. The highest BCUT2D eigenvalue weighted by Gasteiger charge is 2.47. The Morgan fingerprint density at radius 2 is 1.62 bits per heavy atom. The van der Waals surface area contributed by atoms with Crippen LogP contribution >= 0.6 is 0 Å². The van der Waals surface area contributed by atoms with Crippen molar-refractivity contribution in [3.05, 3.63) is 41.0 Å². The van der Waals surface area contributed by atoms with Gasteiger partial charge in [-0.1, -0.05) is 6.07 Å². The van der Waals surface area contributed by atoms with Crippen LogP contribution < -0.4 is 4.74 Å². The Hall–Kier alpha value is -3.09. The van der Waals surface area contributed by atoms with E-state index in [4.69, 9.17) is 9.47 Å². The molecule has 172 valence electrons. The van der Waals surface area contributed by atoms with Gasteiger partial charge in [-0.3, -0.25) is 4.79 Å². The van der Waals surface area contributed by atoms with E-state index in [0.29, 0.717) is 5.56 Å². The molecule has 1 saturated heterocycles. The molecule has 32 heavy (non-hydrogen) atoms. The van der Waals surface area contributed by atoms with Crippen molar-refractivity contribution in [2.75, 3.05) is 6.61 Å². The summed E-state index contributed by atoms with van der Waals surface area (Å²) in [4.78, 5) is 12.8.